The normalized spacial score (nSPS) is 10.0. The first-order valence-corrected chi connectivity index (χ1v) is 5.18. The number of unbranched alkanes of at least 4 members (excludes halogenated alkanes) is 2. The van der Waals surface area contributed by atoms with Gasteiger partial charge in [0.15, 0.2) is 0 Å². The molecule has 0 rings (SSSR count). The van der Waals surface area contributed by atoms with Crippen LogP contribution in [0.3, 0.4) is 0 Å². The Hall–Kier alpha value is 0.690. The highest BCUT2D eigenvalue weighted by Crippen LogP contribution is 1.82. The molecule has 2 heteroatoms. The van der Waals surface area contributed by atoms with Crippen molar-refractivity contribution in [2.24, 2.45) is 0 Å². The molecule has 12 heavy (non-hydrogen) atoms. The lowest BCUT2D eigenvalue weighted by molar-refractivity contribution is -0.898. The van der Waals surface area contributed by atoms with Gasteiger partial charge in [-0.1, -0.05) is 26.7 Å². The van der Waals surface area contributed by atoms with Crippen molar-refractivity contribution >= 4 is 0 Å². The molecule has 1 nitrogen and oxygen atoms in total. The fourth-order valence-electron chi connectivity index (χ4n) is 1.33. The van der Waals surface area contributed by atoms with Crippen LogP contribution >= 0.6 is 0 Å². The maximum Gasteiger partial charge on any atom is 0.0770 e. The molecule has 0 unspecified atom stereocenters. The molecule has 0 atom stereocenters. The van der Waals surface area contributed by atoms with Crippen LogP contribution in [0, 0.1) is 0 Å². The monoisotopic (exact) mass is 285 g/mol. The van der Waals surface area contributed by atoms with Crippen molar-refractivity contribution in [2.75, 3.05) is 19.6 Å². The number of hydrogen-bond acceptors (Lipinski definition) is 0. The van der Waals surface area contributed by atoms with Gasteiger partial charge < -0.3 is 28.9 Å². The third-order valence-electron chi connectivity index (χ3n) is 2.27. The second-order valence-electron chi connectivity index (χ2n) is 3.31. The molecule has 0 heterocycles. The van der Waals surface area contributed by atoms with Gasteiger partial charge in [-0.05, 0) is 19.8 Å². The third kappa shape index (κ3) is 8.78. The van der Waals surface area contributed by atoms with Gasteiger partial charge in [0.05, 0.1) is 19.6 Å². The van der Waals surface area contributed by atoms with Gasteiger partial charge in [0.2, 0.25) is 0 Å². The maximum absolute atomic E-state index is 2.29. The quantitative estimate of drug-likeness (QED) is 0.543. The van der Waals surface area contributed by atoms with E-state index < -0.39 is 0 Å². The number of quaternary nitrogens is 1. The summed E-state index contributed by atoms with van der Waals surface area (Å²) in [5.41, 5.74) is 0. The van der Waals surface area contributed by atoms with E-state index in [2.05, 4.69) is 20.8 Å². The van der Waals surface area contributed by atoms with Crippen LogP contribution in [0.2, 0.25) is 0 Å². The summed E-state index contributed by atoms with van der Waals surface area (Å²) in [4.78, 5) is 1.79. The van der Waals surface area contributed by atoms with Crippen LogP contribution in [0.15, 0.2) is 0 Å². The van der Waals surface area contributed by atoms with Gasteiger partial charge in [0.25, 0.3) is 0 Å². The Balaban J connectivity index is 0. The molecule has 0 aliphatic heterocycles. The average molecular weight is 285 g/mol. The van der Waals surface area contributed by atoms with Crippen LogP contribution in [0.25, 0.3) is 0 Å². The maximum atomic E-state index is 2.29. The zero-order chi connectivity index (χ0) is 8.53. The van der Waals surface area contributed by atoms with Crippen molar-refractivity contribution in [3.8, 4) is 0 Å². The van der Waals surface area contributed by atoms with E-state index in [0.717, 1.165) is 0 Å². The highest BCUT2D eigenvalue weighted by molar-refractivity contribution is 4.33. The summed E-state index contributed by atoms with van der Waals surface area (Å²) in [5.74, 6) is 0. The van der Waals surface area contributed by atoms with Gasteiger partial charge >= 0.3 is 0 Å². The third-order valence-corrected chi connectivity index (χ3v) is 2.27. The first-order valence-electron chi connectivity index (χ1n) is 5.18. The summed E-state index contributed by atoms with van der Waals surface area (Å²) in [6, 6.07) is 0. The van der Waals surface area contributed by atoms with Gasteiger partial charge in [0, 0.05) is 0 Å². The largest absolute Gasteiger partial charge is 1.00 e. The van der Waals surface area contributed by atoms with E-state index in [1.807, 2.05) is 0 Å². The Bertz CT molecular complexity index is 68.2. The number of halogens is 1. The Labute approximate surface area is 94.9 Å². The highest BCUT2D eigenvalue weighted by Gasteiger charge is 2.02. The van der Waals surface area contributed by atoms with Crippen LogP contribution < -0.4 is 28.9 Å². The van der Waals surface area contributed by atoms with Crippen LogP contribution in [0.4, 0.5) is 0 Å². The lowest BCUT2D eigenvalue weighted by atomic mass is 10.2. The van der Waals surface area contributed by atoms with Crippen LogP contribution in [0.5, 0.6) is 0 Å². The highest BCUT2D eigenvalue weighted by atomic mass is 127. The van der Waals surface area contributed by atoms with Crippen LogP contribution in [0.1, 0.15) is 46.5 Å². The van der Waals surface area contributed by atoms with Gasteiger partial charge in [-0.25, -0.2) is 0 Å². The predicted octanol–water partition coefficient (Wildman–Crippen LogP) is -1.50. The minimum atomic E-state index is 0. The van der Waals surface area contributed by atoms with E-state index >= 15 is 0 Å². The lowest BCUT2D eigenvalue weighted by Gasteiger charge is -2.16. The minimum absolute atomic E-state index is 0. The van der Waals surface area contributed by atoms with E-state index in [-0.39, 0.29) is 24.0 Å². The summed E-state index contributed by atoms with van der Waals surface area (Å²) in [6.07, 6.45) is 5.48. The summed E-state index contributed by atoms with van der Waals surface area (Å²) >= 11 is 0. The van der Waals surface area contributed by atoms with Crippen LogP contribution in [-0.2, 0) is 0 Å². The molecule has 0 spiro atoms. The van der Waals surface area contributed by atoms with E-state index in [4.69, 9.17) is 0 Å². The SMILES string of the molecule is CCCC[NH+](CC)CCCC.[I-]. The van der Waals surface area contributed by atoms with Crippen molar-refractivity contribution < 1.29 is 28.9 Å². The van der Waals surface area contributed by atoms with Gasteiger partial charge in [-0.2, -0.15) is 0 Å². The van der Waals surface area contributed by atoms with E-state index in [1.165, 1.54) is 45.3 Å². The molecule has 0 amide bonds. The Kier molecular flexibility index (Phi) is 14.8. The lowest BCUT2D eigenvalue weighted by Crippen LogP contribution is -3.11. The molecule has 0 aromatic heterocycles. The summed E-state index contributed by atoms with van der Waals surface area (Å²) in [6.45, 7) is 10.9. The molecule has 0 fully saturated rings. The molecule has 0 aromatic rings. The topological polar surface area (TPSA) is 4.44 Å². The fraction of sp³-hybridized carbons (Fsp3) is 1.00. The zero-order valence-corrected chi connectivity index (χ0v) is 11.0. The standard InChI is InChI=1S/C10H23N.HI/c1-4-7-9-11(6-3)10-8-5-2;/h4-10H2,1-3H3;1H. The fourth-order valence-corrected chi connectivity index (χ4v) is 1.33. The predicted molar refractivity (Wildman–Crippen MR) is 51.1 cm³/mol. The van der Waals surface area contributed by atoms with Crippen molar-refractivity contribution in [1.82, 2.24) is 0 Å². The Morgan fingerprint density at radius 1 is 0.833 bits per heavy atom. The molecule has 76 valence electrons. The smallest absolute Gasteiger partial charge is 0.0770 e. The molecule has 0 radical (unpaired) electrons. The van der Waals surface area contributed by atoms with E-state index in [0.29, 0.717) is 0 Å². The minimum Gasteiger partial charge on any atom is -1.00 e. The van der Waals surface area contributed by atoms with E-state index in [1.54, 1.807) is 4.90 Å². The van der Waals surface area contributed by atoms with Gasteiger partial charge in [0.1, 0.15) is 0 Å². The molecule has 0 bridgehead atoms. The summed E-state index contributed by atoms with van der Waals surface area (Å²) in [7, 11) is 0. The van der Waals surface area contributed by atoms with Crippen LogP contribution in [-0.4, -0.2) is 19.6 Å². The van der Waals surface area contributed by atoms with Crippen molar-refractivity contribution in [1.29, 1.82) is 0 Å². The zero-order valence-electron chi connectivity index (χ0n) is 8.83. The van der Waals surface area contributed by atoms with E-state index in [9.17, 15) is 0 Å². The molecular weight excluding hydrogens is 261 g/mol. The molecule has 0 aromatic carbocycles. The Morgan fingerprint density at radius 2 is 1.25 bits per heavy atom. The first-order chi connectivity index (χ1) is 5.35. The molecular formula is C10H24IN. The van der Waals surface area contributed by atoms with Crippen molar-refractivity contribution in [2.45, 2.75) is 46.5 Å². The average Bonchev–Trinajstić information content (AvgIpc) is 2.05. The number of nitrogens with one attached hydrogen (secondary N) is 1. The number of rotatable bonds is 7. The van der Waals surface area contributed by atoms with Gasteiger partial charge in [-0.3, -0.25) is 0 Å². The molecule has 0 saturated carbocycles. The molecule has 0 saturated heterocycles. The molecule has 1 N–H and O–H groups in total. The molecule has 0 aliphatic rings. The first kappa shape index (κ1) is 15.2. The molecule has 0 aliphatic carbocycles. The summed E-state index contributed by atoms with van der Waals surface area (Å²) < 4.78 is 0. The number of hydrogen-bond donors (Lipinski definition) is 1. The second-order valence-corrected chi connectivity index (χ2v) is 3.31. The second kappa shape index (κ2) is 11.7. The van der Waals surface area contributed by atoms with Crippen molar-refractivity contribution in [3.05, 3.63) is 0 Å². The summed E-state index contributed by atoms with van der Waals surface area (Å²) in [5, 5.41) is 0. The Morgan fingerprint density at radius 3 is 1.50 bits per heavy atom. The van der Waals surface area contributed by atoms with Crippen molar-refractivity contribution in [3.63, 3.8) is 0 Å². The van der Waals surface area contributed by atoms with Gasteiger partial charge in [-0.15, -0.1) is 0 Å².